The minimum atomic E-state index is -4.83. The van der Waals surface area contributed by atoms with E-state index < -0.39 is 24.0 Å². The predicted molar refractivity (Wildman–Crippen MR) is 133 cm³/mol. The number of thiazole rings is 1. The number of benzene rings is 3. The second kappa shape index (κ2) is 10.2. The number of rotatable bonds is 7. The first-order valence-corrected chi connectivity index (χ1v) is 12.1. The molecule has 3 aromatic carbocycles. The van der Waals surface area contributed by atoms with E-state index in [0.717, 1.165) is 35.7 Å². The van der Waals surface area contributed by atoms with Crippen LogP contribution in [0.5, 0.6) is 17.2 Å². The quantitative estimate of drug-likeness (QED) is 0.214. The number of carbonyl (C=O) groups excluding carboxylic acids is 2. The monoisotopic (exact) mass is 546 g/mol. The SMILES string of the molecule is O=C(Nc1ccc(OC(F)(F)F)cc1)Nc1cc(Oc2ccc3nc(NC(=O)C4CC4)sc3c2)ccc1F. The van der Waals surface area contributed by atoms with Gasteiger partial charge in [-0.2, -0.15) is 0 Å². The van der Waals surface area contributed by atoms with Gasteiger partial charge >= 0.3 is 12.4 Å². The lowest BCUT2D eigenvalue weighted by Gasteiger charge is -2.12. The maximum absolute atomic E-state index is 14.3. The molecule has 0 radical (unpaired) electrons. The molecule has 38 heavy (non-hydrogen) atoms. The predicted octanol–water partition coefficient (Wildman–Crippen LogP) is 7.12. The molecular formula is C25H18F4N4O4S. The molecule has 0 bridgehead atoms. The Balaban J connectivity index is 1.22. The summed E-state index contributed by atoms with van der Waals surface area (Å²) in [5.41, 5.74) is 0.668. The number of alkyl halides is 3. The Morgan fingerprint density at radius 2 is 1.58 bits per heavy atom. The van der Waals surface area contributed by atoms with Crippen molar-refractivity contribution < 1.29 is 36.6 Å². The average molecular weight is 547 g/mol. The van der Waals surface area contributed by atoms with Crippen molar-refractivity contribution in [3.63, 3.8) is 0 Å². The lowest BCUT2D eigenvalue weighted by atomic mass is 10.2. The highest BCUT2D eigenvalue weighted by molar-refractivity contribution is 7.22. The van der Waals surface area contributed by atoms with E-state index in [9.17, 15) is 27.2 Å². The number of hydrogen-bond donors (Lipinski definition) is 3. The molecule has 1 fully saturated rings. The van der Waals surface area contributed by atoms with Crippen molar-refractivity contribution in [3.05, 3.63) is 66.5 Å². The van der Waals surface area contributed by atoms with Gasteiger partial charge in [0.2, 0.25) is 5.91 Å². The molecule has 0 spiro atoms. The van der Waals surface area contributed by atoms with Crippen LogP contribution in [0.1, 0.15) is 12.8 Å². The van der Waals surface area contributed by atoms with Crippen LogP contribution in [-0.2, 0) is 4.79 Å². The minimum absolute atomic E-state index is 0.0385. The summed E-state index contributed by atoms with van der Waals surface area (Å²) in [5, 5.41) is 8.04. The maximum atomic E-state index is 14.3. The van der Waals surface area contributed by atoms with Gasteiger partial charge in [0.25, 0.3) is 0 Å². The van der Waals surface area contributed by atoms with Gasteiger partial charge in [0.15, 0.2) is 5.13 Å². The average Bonchev–Trinajstić information content (AvgIpc) is 3.62. The van der Waals surface area contributed by atoms with Crippen LogP contribution in [0.4, 0.5) is 38.9 Å². The molecule has 4 aromatic rings. The van der Waals surface area contributed by atoms with E-state index in [2.05, 4.69) is 25.7 Å². The first kappa shape index (κ1) is 25.3. The zero-order valence-electron chi connectivity index (χ0n) is 19.3. The van der Waals surface area contributed by atoms with E-state index >= 15 is 0 Å². The van der Waals surface area contributed by atoms with Crippen LogP contribution in [0, 0.1) is 11.7 Å². The zero-order valence-corrected chi connectivity index (χ0v) is 20.1. The summed E-state index contributed by atoms with van der Waals surface area (Å²) in [4.78, 5) is 28.7. The Labute approximate surface area is 216 Å². The number of anilines is 3. The van der Waals surface area contributed by atoms with Crippen molar-refractivity contribution in [2.45, 2.75) is 19.2 Å². The molecule has 13 heteroatoms. The smallest absolute Gasteiger partial charge is 0.457 e. The van der Waals surface area contributed by atoms with Crippen molar-refractivity contribution in [1.29, 1.82) is 0 Å². The normalized spacial score (nSPS) is 13.2. The van der Waals surface area contributed by atoms with Crippen LogP contribution in [0.3, 0.4) is 0 Å². The van der Waals surface area contributed by atoms with Crippen LogP contribution in [0.15, 0.2) is 60.7 Å². The fraction of sp³-hybridized carbons (Fsp3) is 0.160. The molecule has 196 valence electrons. The Hall–Kier alpha value is -4.39. The van der Waals surface area contributed by atoms with Gasteiger partial charge in [-0.1, -0.05) is 11.3 Å². The van der Waals surface area contributed by atoms with Crippen LogP contribution in [0.25, 0.3) is 10.2 Å². The van der Waals surface area contributed by atoms with Crippen molar-refractivity contribution >= 4 is 50.0 Å². The highest BCUT2D eigenvalue weighted by Crippen LogP contribution is 2.35. The third-order valence-corrected chi connectivity index (χ3v) is 6.24. The summed E-state index contributed by atoms with van der Waals surface area (Å²) in [6.07, 6.45) is -3.06. The van der Waals surface area contributed by atoms with Crippen molar-refractivity contribution in [1.82, 2.24) is 4.98 Å². The van der Waals surface area contributed by atoms with Crippen molar-refractivity contribution in [2.75, 3.05) is 16.0 Å². The second-order valence-electron chi connectivity index (χ2n) is 8.31. The molecule has 1 aliphatic rings. The number of carbonyl (C=O) groups is 2. The molecule has 0 unspecified atom stereocenters. The van der Waals surface area contributed by atoms with E-state index in [1.165, 1.54) is 35.6 Å². The summed E-state index contributed by atoms with van der Waals surface area (Å²) in [7, 11) is 0. The Kier molecular flexibility index (Phi) is 6.76. The van der Waals surface area contributed by atoms with Crippen LogP contribution in [-0.4, -0.2) is 23.3 Å². The highest BCUT2D eigenvalue weighted by atomic mass is 32.1. The van der Waals surface area contributed by atoms with Crippen LogP contribution >= 0.6 is 11.3 Å². The fourth-order valence-corrected chi connectivity index (χ4v) is 4.30. The van der Waals surface area contributed by atoms with E-state index in [1.807, 2.05) is 0 Å². The molecule has 3 amide bonds. The number of hydrogen-bond acceptors (Lipinski definition) is 6. The minimum Gasteiger partial charge on any atom is -0.457 e. The van der Waals surface area contributed by atoms with Crippen LogP contribution in [0.2, 0.25) is 0 Å². The Morgan fingerprint density at radius 3 is 2.29 bits per heavy atom. The number of nitrogens with zero attached hydrogens (tertiary/aromatic N) is 1. The van der Waals surface area contributed by atoms with Gasteiger partial charge in [0, 0.05) is 23.7 Å². The van der Waals surface area contributed by atoms with E-state index in [0.29, 0.717) is 16.4 Å². The highest BCUT2D eigenvalue weighted by Gasteiger charge is 2.31. The molecule has 1 aliphatic carbocycles. The van der Waals surface area contributed by atoms with Crippen molar-refractivity contribution in [2.24, 2.45) is 5.92 Å². The lowest BCUT2D eigenvalue weighted by Crippen LogP contribution is -2.20. The standard InChI is InChI=1S/C25H18F4N4O4S/c26-18-9-7-16(11-20(18)31-23(35)30-14-3-5-15(6-4-14)37-25(27,28)29)36-17-8-10-19-21(12-17)38-24(32-19)33-22(34)13-1-2-13/h3-13H,1-2H2,(H2,30,31,35)(H,32,33,34). The first-order chi connectivity index (χ1) is 18.1. The Morgan fingerprint density at radius 1 is 0.895 bits per heavy atom. The summed E-state index contributed by atoms with van der Waals surface area (Å²) in [6.45, 7) is 0. The van der Waals surface area contributed by atoms with E-state index in [1.54, 1.807) is 18.2 Å². The van der Waals surface area contributed by atoms with Crippen molar-refractivity contribution in [3.8, 4) is 17.2 Å². The third-order valence-electron chi connectivity index (χ3n) is 5.31. The first-order valence-electron chi connectivity index (χ1n) is 11.2. The van der Waals surface area contributed by atoms with Gasteiger partial charge in [-0.05, 0) is 61.4 Å². The molecular weight excluding hydrogens is 528 g/mol. The molecule has 1 aromatic heterocycles. The summed E-state index contributed by atoms with van der Waals surface area (Å²) in [5.74, 6) is -0.484. The molecule has 0 aliphatic heterocycles. The van der Waals surface area contributed by atoms with Crippen LogP contribution < -0.4 is 25.4 Å². The largest absolute Gasteiger partial charge is 0.573 e. The number of aromatic nitrogens is 1. The van der Waals surface area contributed by atoms with Gasteiger partial charge in [-0.25, -0.2) is 14.2 Å². The zero-order chi connectivity index (χ0) is 26.9. The molecule has 0 saturated heterocycles. The van der Waals surface area contributed by atoms with Gasteiger partial charge in [-0.15, -0.1) is 13.2 Å². The molecule has 8 nitrogen and oxygen atoms in total. The van der Waals surface area contributed by atoms with Gasteiger partial charge < -0.3 is 25.4 Å². The fourth-order valence-electron chi connectivity index (χ4n) is 3.40. The number of urea groups is 1. The second-order valence-corrected chi connectivity index (χ2v) is 9.34. The summed E-state index contributed by atoms with van der Waals surface area (Å²) < 4.78 is 61.5. The number of amides is 3. The number of halogens is 4. The van der Waals surface area contributed by atoms with Gasteiger partial charge in [-0.3, -0.25) is 4.79 Å². The molecule has 5 rings (SSSR count). The Bertz CT molecular complexity index is 1500. The number of fused-ring (bicyclic) bond motifs is 1. The number of nitrogens with one attached hydrogen (secondary N) is 3. The lowest BCUT2D eigenvalue weighted by molar-refractivity contribution is -0.274. The molecule has 1 saturated carbocycles. The van der Waals surface area contributed by atoms with Gasteiger partial charge in [0.1, 0.15) is 23.1 Å². The van der Waals surface area contributed by atoms with Gasteiger partial charge in [0.05, 0.1) is 15.9 Å². The molecule has 3 N–H and O–H groups in total. The summed E-state index contributed by atoms with van der Waals surface area (Å²) in [6, 6.07) is 12.6. The maximum Gasteiger partial charge on any atom is 0.573 e. The topological polar surface area (TPSA) is 102 Å². The molecule has 1 heterocycles. The third kappa shape index (κ3) is 6.48. The van der Waals surface area contributed by atoms with E-state index in [4.69, 9.17) is 4.74 Å². The molecule has 0 atom stereocenters. The number of ether oxygens (including phenoxy) is 2. The summed E-state index contributed by atoms with van der Waals surface area (Å²) >= 11 is 1.30. The van der Waals surface area contributed by atoms with E-state index in [-0.39, 0.29) is 28.9 Å².